The van der Waals surface area contributed by atoms with Gasteiger partial charge in [-0.25, -0.2) is 0 Å². The predicted molar refractivity (Wildman–Crippen MR) is 54.4 cm³/mol. The summed E-state index contributed by atoms with van der Waals surface area (Å²) in [5, 5.41) is 0. The van der Waals surface area contributed by atoms with Gasteiger partial charge in [0.25, 0.3) is 5.91 Å². The zero-order valence-electron chi connectivity index (χ0n) is 8.64. The fourth-order valence-corrected chi connectivity index (χ4v) is 1.64. The second-order valence-corrected chi connectivity index (χ2v) is 3.60. The second kappa shape index (κ2) is 4.40. The minimum absolute atomic E-state index is 0.0206. The third-order valence-electron chi connectivity index (χ3n) is 2.49. The molecule has 1 fully saturated rings. The van der Waals surface area contributed by atoms with Crippen LogP contribution >= 0.6 is 0 Å². The number of carbonyl (C=O) groups excluding carboxylic acids is 1. The van der Waals surface area contributed by atoms with Crippen molar-refractivity contribution in [1.29, 1.82) is 0 Å². The number of morpholine rings is 1. The maximum atomic E-state index is 12.0. The molecule has 15 heavy (non-hydrogen) atoms. The lowest BCUT2D eigenvalue weighted by Gasteiger charge is -2.33. The highest BCUT2D eigenvalue weighted by Crippen LogP contribution is 2.10. The molecule has 0 bridgehead atoms. The Hall–Kier alpha value is -1.42. The summed E-state index contributed by atoms with van der Waals surface area (Å²) < 4.78 is 5.28. The lowest BCUT2D eigenvalue weighted by Crippen LogP contribution is -2.47. The molecule has 1 atom stereocenters. The standard InChI is InChI=1S/C11H13N2O2/c1-9-8-15-6-5-13(9)11(14)10-3-2-4-12-7-10/h2-3,7,9H,5-6,8H2,1H3/t9-/m0/s1. The molecule has 2 rings (SSSR count). The van der Waals surface area contributed by atoms with Gasteiger partial charge < -0.3 is 9.64 Å². The van der Waals surface area contributed by atoms with Gasteiger partial charge in [0, 0.05) is 12.7 Å². The smallest absolute Gasteiger partial charge is 0.255 e. The van der Waals surface area contributed by atoms with E-state index in [-0.39, 0.29) is 11.9 Å². The van der Waals surface area contributed by atoms with Crippen LogP contribution in [0.4, 0.5) is 0 Å². The Kier molecular flexibility index (Phi) is 2.97. The van der Waals surface area contributed by atoms with Crippen molar-refractivity contribution in [2.45, 2.75) is 13.0 Å². The number of nitrogens with zero attached hydrogens (tertiary/aromatic N) is 2. The number of ether oxygens (including phenoxy) is 1. The maximum Gasteiger partial charge on any atom is 0.255 e. The molecular formula is C11H13N2O2. The highest BCUT2D eigenvalue weighted by atomic mass is 16.5. The molecule has 0 saturated carbocycles. The normalized spacial score (nSPS) is 21.4. The first kappa shape index (κ1) is 10.1. The van der Waals surface area contributed by atoms with Gasteiger partial charge in [-0.15, -0.1) is 0 Å². The van der Waals surface area contributed by atoms with Crippen LogP contribution in [0.5, 0.6) is 0 Å². The molecule has 1 amide bonds. The highest BCUT2D eigenvalue weighted by Gasteiger charge is 2.24. The third kappa shape index (κ3) is 2.15. The largest absolute Gasteiger partial charge is 0.377 e. The zero-order chi connectivity index (χ0) is 10.7. The number of carbonyl (C=O) groups is 1. The van der Waals surface area contributed by atoms with Gasteiger partial charge in [0.1, 0.15) is 0 Å². The molecule has 0 aromatic carbocycles. The molecule has 2 heterocycles. The topological polar surface area (TPSA) is 42.4 Å². The molecule has 1 aliphatic heterocycles. The Labute approximate surface area is 88.9 Å². The lowest BCUT2D eigenvalue weighted by atomic mass is 10.2. The Morgan fingerprint density at radius 3 is 3.27 bits per heavy atom. The number of rotatable bonds is 1. The minimum Gasteiger partial charge on any atom is -0.377 e. The number of hydrogen-bond donors (Lipinski definition) is 0. The van der Waals surface area contributed by atoms with Crippen molar-refractivity contribution in [2.24, 2.45) is 0 Å². The van der Waals surface area contributed by atoms with E-state index in [0.717, 1.165) is 0 Å². The lowest BCUT2D eigenvalue weighted by molar-refractivity contribution is 0.00357. The average molecular weight is 205 g/mol. The van der Waals surface area contributed by atoms with E-state index < -0.39 is 0 Å². The van der Waals surface area contributed by atoms with Crippen molar-refractivity contribution in [3.8, 4) is 0 Å². The molecule has 0 unspecified atom stereocenters. The molecule has 0 spiro atoms. The molecule has 4 nitrogen and oxygen atoms in total. The quantitative estimate of drug-likeness (QED) is 0.679. The summed E-state index contributed by atoms with van der Waals surface area (Å²) in [7, 11) is 0. The molecule has 79 valence electrons. The van der Waals surface area contributed by atoms with Crippen LogP contribution < -0.4 is 0 Å². The van der Waals surface area contributed by atoms with Crippen LogP contribution in [0.25, 0.3) is 0 Å². The molecule has 1 aliphatic rings. The second-order valence-electron chi connectivity index (χ2n) is 3.60. The summed E-state index contributed by atoms with van der Waals surface area (Å²) >= 11 is 0. The van der Waals surface area contributed by atoms with Gasteiger partial charge in [0.2, 0.25) is 0 Å². The van der Waals surface area contributed by atoms with Crippen molar-refractivity contribution in [1.82, 2.24) is 9.88 Å². The van der Waals surface area contributed by atoms with E-state index in [9.17, 15) is 4.79 Å². The molecule has 0 aliphatic carbocycles. The molecule has 1 aromatic heterocycles. The van der Waals surface area contributed by atoms with E-state index in [1.54, 1.807) is 18.3 Å². The summed E-state index contributed by atoms with van der Waals surface area (Å²) in [5.74, 6) is 0.0206. The minimum atomic E-state index is 0.0206. The van der Waals surface area contributed by atoms with Gasteiger partial charge >= 0.3 is 0 Å². The van der Waals surface area contributed by atoms with Crippen molar-refractivity contribution in [3.63, 3.8) is 0 Å². The van der Waals surface area contributed by atoms with Crippen molar-refractivity contribution in [2.75, 3.05) is 19.8 Å². The Morgan fingerprint density at radius 2 is 2.60 bits per heavy atom. The van der Waals surface area contributed by atoms with Crippen molar-refractivity contribution in [3.05, 3.63) is 30.1 Å². The van der Waals surface area contributed by atoms with Gasteiger partial charge in [0.15, 0.2) is 0 Å². The fraction of sp³-hybridized carbons (Fsp3) is 0.455. The first-order chi connectivity index (χ1) is 7.29. The van der Waals surface area contributed by atoms with E-state index in [1.807, 2.05) is 11.8 Å². The molecule has 1 aromatic rings. The highest BCUT2D eigenvalue weighted by molar-refractivity contribution is 5.94. The Morgan fingerprint density at radius 1 is 1.73 bits per heavy atom. The summed E-state index contributed by atoms with van der Waals surface area (Å²) in [4.78, 5) is 17.7. The van der Waals surface area contributed by atoms with Crippen LogP contribution in [0.2, 0.25) is 0 Å². The SMILES string of the molecule is C[C@H]1COCCN1C(=O)c1cc[c]nc1. The zero-order valence-corrected chi connectivity index (χ0v) is 8.64. The monoisotopic (exact) mass is 205 g/mol. The molecular weight excluding hydrogens is 192 g/mol. The number of aromatic nitrogens is 1. The van der Waals surface area contributed by atoms with E-state index in [0.29, 0.717) is 25.3 Å². The van der Waals surface area contributed by atoms with Gasteiger partial charge in [-0.3, -0.25) is 9.78 Å². The molecule has 1 saturated heterocycles. The van der Waals surface area contributed by atoms with E-state index in [2.05, 4.69) is 11.2 Å². The number of pyridine rings is 1. The third-order valence-corrected chi connectivity index (χ3v) is 2.49. The van der Waals surface area contributed by atoms with Crippen LogP contribution in [-0.2, 0) is 4.74 Å². The van der Waals surface area contributed by atoms with Crippen LogP contribution in [0.3, 0.4) is 0 Å². The van der Waals surface area contributed by atoms with E-state index >= 15 is 0 Å². The first-order valence-corrected chi connectivity index (χ1v) is 5.00. The summed E-state index contributed by atoms with van der Waals surface area (Å²) in [6.07, 6.45) is 4.20. The van der Waals surface area contributed by atoms with Gasteiger partial charge in [-0.2, -0.15) is 0 Å². The van der Waals surface area contributed by atoms with E-state index in [4.69, 9.17) is 4.74 Å². The molecule has 4 heteroatoms. The molecule has 0 N–H and O–H groups in total. The maximum absolute atomic E-state index is 12.0. The van der Waals surface area contributed by atoms with Gasteiger partial charge in [0.05, 0.1) is 31.0 Å². The predicted octanol–water partition coefficient (Wildman–Crippen LogP) is 0.743. The van der Waals surface area contributed by atoms with Crippen LogP contribution in [-0.4, -0.2) is 41.6 Å². The van der Waals surface area contributed by atoms with E-state index in [1.165, 1.54) is 0 Å². The average Bonchev–Trinajstić information content (AvgIpc) is 2.30. The summed E-state index contributed by atoms with van der Waals surface area (Å²) in [6.45, 7) is 3.86. The Balaban J connectivity index is 2.13. The Bertz CT molecular complexity index is 340. The first-order valence-electron chi connectivity index (χ1n) is 5.00. The van der Waals surface area contributed by atoms with Crippen molar-refractivity contribution < 1.29 is 9.53 Å². The summed E-state index contributed by atoms with van der Waals surface area (Å²) in [6, 6.07) is 3.52. The molecule has 1 radical (unpaired) electrons. The fourth-order valence-electron chi connectivity index (χ4n) is 1.64. The van der Waals surface area contributed by atoms with Crippen LogP contribution in [0.15, 0.2) is 18.3 Å². The van der Waals surface area contributed by atoms with Gasteiger partial charge in [-0.1, -0.05) is 0 Å². The van der Waals surface area contributed by atoms with Crippen LogP contribution in [0.1, 0.15) is 17.3 Å². The summed E-state index contributed by atoms with van der Waals surface area (Å²) in [5.41, 5.74) is 0.613. The van der Waals surface area contributed by atoms with Crippen molar-refractivity contribution >= 4 is 5.91 Å². The van der Waals surface area contributed by atoms with Crippen LogP contribution in [0, 0.1) is 6.20 Å². The number of hydrogen-bond acceptors (Lipinski definition) is 3. The number of amides is 1. The van der Waals surface area contributed by atoms with Gasteiger partial charge in [-0.05, 0) is 19.1 Å².